The third-order valence-corrected chi connectivity index (χ3v) is 4.68. The standard InChI is InChI=1S/C16H18N2O3S/c1-11-7-9-13(10-8-11)22(20,21)18-15-12(2)5-4-6-14(15)16(19)17-3/h4-10,18H,1-3H3,(H,17,19). The van der Waals surface area contributed by atoms with Gasteiger partial charge in [-0.1, -0.05) is 29.8 Å². The Morgan fingerprint density at radius 1 is 1.00 bits per heavy atom. The highest BCUT2D eigenvalue weighted by molar-refractivity contribution is 7.92. The summed E-state index contributed by atoms with van der Waals surface area (Å²) in [6.07, 6.45) is 0. The van der Waals surface area contributed by atoms with Crippen LogP contribution < -0.4 is 10.0 Å². The van der Waals surface area contributed by atoms with Crippen molar-refractivity contribution in [3.8, 4) is 0 Å². The smallest absolute Gasteiger partial charge is 0.261 e. The van der Waals surface area contributed by atoms with Crippen LogP contribution in [0.3, 0.4) is 0 Å². The zero-order valence-corrected chi connectivity index (χ0v) is 13.5. The molecule has 0 unspecified atom stereocenters. The monoisotopic (exact) mass is 318 g/mol. The number of rotatable bonds is 4. The first kappa shape index (κ1) is 16.0. The van der Waals surface area contributed by atoms with Crippen LogP contribution in [0.25, 0.3) is 0 Å². The lowest BCUT2D eigenvalue weighted by atomic mass is 10.1. The van der Waals surface area contributed by atoms with E-state index in [1.165, 1.54) is 19.2 Å². The van der Waals surface area contributed by atoms with E-state index in [0.717, 1.165) is 5.56 Å². The van der Waals surface area contributed by atoms with Crippen molar-refractivity contribution in [3.63, 3.8) is 0 Å². The summed E-state index contributed by atoms with van der Waals surface area (Å²) in [6.45, 7) is 3.63. The summed E-state index contributed by atoms with van der Waals surface area (Å²) in [6, 6.07) is 11.6. The maximum Gasteiger partial charge on any atom is 0.261 e. The number of anilines is 1. The minimum absolute atomic E-state index is 0.157. The van der Waals surface area contributed by atoms with E-state index in [1.807, 2.05) is 6.92 Å². The molecule has 0 saturated heterocycles. The maximum atomic E-state index is 12.5. The molecule has 1 amide bonds. The van der Waals surface area contributed by atoms with Gasteiger partial charge in [0.1, 0.15) is 0 Å². The van der Waals surface area contributed by atoms with Crippen molar-refractivity contribution >= 4 is 21.6 Å². The van der Waals surface area contributed by atoms with Gasteiger partial charge in [0.2, 0.25) is 0 Å². The van der Waals surface area contributed by atoms with Gasteiger partial charge in [-0.05, 0) is 37.6 Å². The summed E-state index contributed by atoms with van der Waals surface area (Å²) >= 11 is 0. The van der Waals surface area contributed by atoms with E-state index >= 15 is 0 Å². The molecule has 116 valence electrons. The summed E-state index contributed by atoms with van der Waals surface area (Å²) in [4.78, 5) is 12.1. The van der Waals surface area contributed by atoms with E-state index in [1.54, 1.807) is 37.3 Å². The SMILES string of the molecule is CNC(=O)c1cccc(C)c1NS(=O)(=O)c1ccc(C)cc1. The highest BCUT2D eigenvalue weighted by Gasteiger charge is 2.19. The molecule has 0 atom stereocenters. The van der Waals surface area contributed by atoms with Crippen LogP contribution in [0, 0.1) is 13.8 Å². The number of sulfonamides is 1. The largest absolute Gasteiger partial charge is 0.355 e. The number of nitrogens with one attached hydrogen (secondary N) is 2. The van der Waals surface area contributed by atoms with Crippen molar-refractivity contribution in [1.82, 2.24) is 5.32 Å². The Bertz CT molecular complexity index is 797. The van der Waals surface area contributed by atoms with Crippen LogP contribution >= 0.6 is 0 Å². The molecule has 0 aliphatic heterocycles. The summed E-state index contributed by atoms with van der Waals surface area (Å²) in [5, 5.41) is 2.51. The van der Waals surface area contributed by atoms with Crippen molar-refractivity contribution in [1.29, 1.82) is 0 Å². The molecule has 2 N–H and O–H groups in total. The molecule has 2 rings (SSSR count). The first-order valence-corrected chi connectivity index (χ1v) is 8.24. The van der Waals surface area contributed by atoms with Crippen LogP contribution in [0.5, 0.6) is 0 Å². The van der Waals surface area contributed by atoms with Crippen LogP contribution in [0.15, 0.2) is 47.4 Å². The normalized spacial score (nSPS) is 11.0. The van der Waals surface area contributed by atoms with Crippen LogP contribution in [-0.2, 0) is 10.0 Å². The summed E-state index contributed by atoms with van der Waals surface area (Å²) in [5.74, 6) is -0.342. The lowest BCUT2D eigenvalue weighted by molar-refractivity contribution is 0.0964. The Morgan fingerprint density at radius 3 is 2.23 bits per heavy atom. The lowest BCUT2D eigenvalue weighted by Crippen LogP contribution is -2.22. The van der Waals surface area contributed by atoms with Gasteiger partial charge < -0.3 is 5.32 Å². The van der Waals surface area contributed by atoms with E-state index in [0.29, 0.717) is 11.3 Å². The molecule has 0 heterocycles. The van der Waals surface area contributed by atoms with Gasteiger partial charge in [0, 0.05) is 7.05 Å². The lowest BCUT2D eigenvalue weighted by Gasteiger charge is -2.14. The number of hydrogen-bond acceptors (Lipinski definition) is 3. The average Bonchev–Trinajstić information content (AvgIpc) is 2.49. The molecule has 0 spiro atoms. The highest BCUT2D eigenvalue weighted by atomic mass is 32.2. The topological polar surface area (TPSA) is 75.3 Å². The Hall–Kier alpha value is -2.34. The Morgan fingerprint density at radius 2 is 1.64 bits per heavy atom. The van der Waals surface area contributed by atoms with E-state index in [4.69, 9.17) is 0 Å². The molecule has 6 heteroatoms. The number of para-hydroxylation sites is 1. The van der Waals surface area contributed by atoms with Crippen molar-refractivity contribution in [3.05, 3.63) is 59.2 Å². The molecule has 0 aliphatic rings. The minimum atomic E-state index is -3.75. The van der Waals surface area contributed by atoms with E-state index in [9.17, 15) is 13.2 Å². The average molecular weight is 318 g/mol. The third kappa shape index (κ3) is 3.28. The van der Waals surface area contributed by atoms with E-state index in [2.05, 4.69) is 10.0 Å². The number of hydrogen-bond donors (Lipinski definition) is 2. The molecule has 0 saturated carbocycles. The summed E-state index contributed by atoms with van der Waals surface area (Å²) in [5.41, 5.74) is 2.23. The highest BCUT2D eigenvalue weighted by Crippen LogP contribution is 2.24. The van der Waals surface area contributed by atoms with Gasteiger partial charge in [0.25, 0.3) is 15.9 Å². The fourth-order valence-corrected chi connectivity index (χ4v) is 3.19. The molecule has 5 nitrogen and oxygen atoms in total. The van der Waals surface area contributed by atoms with Gasteiger partial charge >= 0.3 is 0 Å². The first-order chi connectivity index (χ1) is 10.3. The molecule has 22 heavy (non-hydrogen) atoms. The fraction of sp³-hybridized carbons (Fsp3) is 0.188. The zero-order valence-electron chi connectivity index (χ0n) is 12.7. The van der Waals surface area contributed by atoms with Gasteiger partial charge in [-0.25, -0.2) is 8.42 Å². The molecule has 2 aromatic rings. The van der Waals surface area contributed by atoms with Crippen LogP contribution in [-0.4, -0.2) is 21.4 Å². The van der Waals surface area contributed by atoms with E-state index < -0.39 is 10.0 Å². The van der Waals surface area contributed by atoms with Gasteiger partial charge in [-0.2, -0.15) is 0 Å². The number of benzene rings is 2. The third-order valence-electron chi connectivity index (χ3n) is 3.31. The second kappa shape index (κ2) is 6.19. The number of carbonyl (C=O) groups excluding carboxylic acids is 1. The quantitative estimate of drug-likeness (QED) is 0.909. The Balaban J connectivity index is 2.46. The van der Waals surface area contributed by atoms with Crippen LogP contribution in [0.2, 0.25) is 0 Å². The summed E-state index contributed by atoms with van der Waals surface area (Å²) in [7, 11) is -2.24. The maximum absolute atomic E-state index is 12.5. The van der Waals surface area contributed by atoms with Crippen molar-refractivity contribution in [2.45, 2.75) is 18.7 Å². The van der Waals surface area contributed by atoms with Gasteiger partial charge in [-0.3, -0.25) is 9.52 Å². The second-order valence-electron chi connectivity index (χ2n) is 5.00. The summed E-state index contributed by atoms with van der Waals surface area (Å²) < 4.78 is 27.5. The molecular formula is C16H18N2O3S. The zero-order chi connectivity index (χ0) is 16.3. The van der Waals surface area contributed by atoms with Crippen molar-refractivity contribution in [2.75, 3.05) is 11.8 Å². The molecule has 0 aromatic heterocycles. The number of carbonyl (C=O) groups is 1. The molecule has 0 bridgehead atoms. The Kier molecular flexibility index (Phi) is 4.51. The van der Waals surface area contributed by atoms with Gasteiger partial charge in [0.15, 0.2) is 0 Å². The molecule has 0 fully saturated rings. The number of aryl methyl sites for hydroxylation is 2. The fourth-order valence-electron chi connectivity index (χ4n) is 2.04. The predicted molar refractivity (Wildman–Crippen MR) is 86.6 cm³/mol. The van der Waals surface area contributed by atoms with Crippen LogP contribution in [0.4, 0.5) is 5.69 Å². The number of amides is 1. The Labute approximate surface area is 130 Å². The molecular weight excluding hydrogens is 300 g/mol. The van der Waals surface area contributed by atoms with Gasteiger partial charge in [0.05, 0.1) is 16.1 Å². The van der Waals surface area contributed by atoms with Crippen LogP contribution in [0.1, 0.15) is 21.5 Å². The predicted octanol–water partition coefficient (Wildman–Crippen LogP) is 2.46. The van der Waals surface area contributed by atoms with Gasteiger partial charge in [-0.15, -0.1) is 0 Å². The molecule has 0 radical (unpaired) electrons. The second-order valence-corrected chi connectivity index (χ2v) is 6.68. The minimum Gasteiger partial charge on any atom is -0.355 e. The molecule has 2 aromatic carbocycles. The van der Waals surface area contributed by atoms with Crippen molar-refractivity contribution in [2.24, 2.45) is 0 Å². The van der Waals surface area contributed by atoms with Crippen molar-refractivity contribution < 1.29 is 13.2 Å². The van der Waals surface area contributed by atoms with E-state index in [-0.39, 0.29) is 16.4 Å². The molecule has 0 aliphatic carbocycles. The first-order valence-electron chi connectivity index (χ1n) is 6.76.